The highest BCUT2D eigenvalue weighted by Crippen LogP contribution is 2.21. The van der Waals surface area contributed by atoms with Crippen molar-refractivity contribution < 1.29 is 4.74 Å². The van der Waals surface area contributed by atoms with Crippen LogP contribution in [0, 0.1) is 5.92 Å². The van der Waals surface area contributed by atoms with Crippen LogP contribution in [0.25, 0.3) is 0 Å². The number of hydrogen-bond acceptors (Lipinski definition) is 3. The highest BCUT2D eigenvalue weighted by atomic mass is 32.1. The molecule has 0 aliphatic carbocycles. The molecule has 1 saturated heterocycles. The normalized spacial score (nSPS) is 16.8. The van der Waals surface area contributed by atoms with Crippen LogP contribution in [0.3, 0.4) is 0 Å². The Balaban J connectivity index is 1.67. The van der Waals surface area contributed by atoms with E-state index < -0.39 is 0 Å². The summed E-state index contributed by atoms with van der Waals surface area (Å²) < 4.78 is 5.79. The van der Waals surface area contributed by atoms with Crippen LogP contribution in [0.4, 0.5) is 0 Å². The maximum absolute atomic E-state index is 5.79. The van der Waals surface area contributed by atoms with Crippen LogP contribution in [0.2, 0.25) is 0 Å². The molecule has 0 amide bonds. The van der Waals surface area contributed by atoms with Gasteiger partial charge >= 0.3 is 0 Å². The molecule has 1 aromatic carbocycles. The number of nitrogens with zero attached hydrogens (tertiary/aromatic N) is 1. The van der Waals surface area contributed by atoms with Crippen molar-refractivity contribution in [2.45, 2.75) is 32.6 Å². The highest BCUT2D eigenvalue weighted by Gasteiger charge is 2.17. The summed E-state index contributed by atoms with van der Waals surface area (Å²) >= 11 is 4.94. The van der Waals surface area contributed by atoms with E-state index in [0.29, 0.717) is 4.99 Å². The molecule has 2 rings (SSSR count). The van der Waals surface area contributed by atoms with Crippen LogP contribution in [0.15, 0.2) is 24.3 Å². The van der Waals surface area contributed by atoms with E-state index in [4.69, 9.17) is 22.7 Å². The Morgan fingerprint density at radius 3 is 2.52 bits per heavy atom. The van der Waals surface area contributed by atoms with Crippen molar-refractivity contribution in [3.63, 3.8) is 0 Å². The van der Waals surface area contributed by atoms with E-state index in [1.807, 2.05) is 24.3 Å². The lowest BCUT2D eigenvalue weighted by Crippen LogP contribution is -2.36. The molecular weight excluding hydrogens is 280 g/mol. The Kier molecular flexibility index (Phi) is 6.46. The summed E-state index contributed by atoms with van der Waals surface area (Å²) in [6, 6.07) is 7.69. The largest absolute Gasteiger partial charge is 0.492 e. The van der Waals surface area contributed by atoms with Crippen LogP contribution in [-0.2, 0) is 0 Å². The van der Waals surface area contributed by atoms with Gasteiger partial charge in [-0.2, -0.15) is 0 Å². The zero-order valence-electron chi connectivity index (χ0n) is 12.9. The van der Waals surface area contributed by atoms with Crippen LogP contribution in [0.5, 0.6) is 5.75 Å². The van der Waals surface area contributed by atoms with Crippen LogP contribution in [0.1, 0.15) is 38.2 Å². The highest BCUT2D eigenvalue weighted by molar-refractivity contribution is 7.80. The topological polar surface area (TPSA) is 38.5 Å². The Morgan fingerprint density at radius 1 is 1.29 bits per heavy atom. The lowest BCUT2D eigenvalue weighted by molar-refractivity contribution is 0.151. The molecule has 1 aromatic rings. The maximum atomic E-state index is 5.79. The third-order valence-corrected chi connectivity index (χ3v) is 4.45. The van der Waals surface area contributed by atoms with Gasteiger partial charge in [-0.3, -0.25) is 4.90 Å². The molecule has 4 heteroatoms. The number of hydrogen-bond donors (Lipinski definition) is 1. The molecule has 0 aromatic heterocycles. The van der Waals surface area contributed by atoms with Crippen molar-refractivity contribution in [1.29, 1.82) is 0 Å². The van der Waals surface area contributed by atoms with Crippen molar-refractivity contribution >= 4 is 17.2 Å². The van der Waals surface area contributed by atoms with Gasteiger partial charge in [0.1, 0.15) is 17.3 Å². The summed E-state index contributed by atoms with van der Waals surface area (Å²) in [6.07, 6.45) is 5.39. The first-order valence-corrected chi connectivity index (χ1v) is 8.35. The van der Waals surface area contributed by atoms with Gasteiger partial charge in [-0.25, -0.2) is 0 Å². The van der Waals surface area contributed by atoms with Gasteiger partial charge in [0, 0.05) is 12.1 Å². The summed E-state index contributed by atoms with van der Waals surface area (Å²) in [5.41, 5.74) is 6.46. The molecule has 1 aliphatic heterocycles. The lowest BCUT2D eigenvalue weighted by Gasteiger charge is -2.31. The second-order valence-electron chi connectivity index (χ2n) is 5.81. The fraction of sp³-hybridized carbons (Fsp3) is 0.588. The smallest absolute Gasteiger partial charge is 0.119 e. The molecule has 0 radical (unpaired) electrons. The van der Waals surface area contributed by atoms with E-state index in [0.717, 1.165) is 30.4 Å². The monoisotopic (exact) mass is 306 g/mol. The molecule has 3 nitrogen and oxygen atoms in total. The maximum Gasteiger partial charge on any atom is 0.119 e. The van der Waals surface area contributed by atoms with Gasteiger partial charge in [-0.15, -0.1) is 0 Å². The van der Waals surface area contributed by atoms with Crippen molar-refractivity contribution in [2.24, 2.45) is 11.7 Å². The van der Waals surface area contributed by atoms with Crippen LogP contribution in [-0.4, -0.2) is 36.1 Å². The average molecular weight is 306 g/mol. The SMILES string of the molecule is CCCC1CCN(CCOc2ccc(C(N)=S)cc2)CC1. The third-order valence-electron chi connectivity index (χ3n) is 4.22. The zero-order valence-corrected chi connectivity index (χ0v) is 13.7. The van der Waals surface area contributed by atoms with Crippen molar-refractivity contribution in [3.8, 4) is 5.75 Å². The fourth-order valence-electron chi connectivity index (χ4n) is 2.91. The predicted molar refractivity (Wildman–Crippen MR) is 91.9 cm³/mol. The molecule has 1 heterocycles. The summed E-state index contributed by atoms with van der Waals surface area (Å²) in [7, 11) is 0. The minimum absolute atomic E-state index is 0.427. The molecule has 21 heavy (non-hydrogen) atoms. The predicted octanol–water partition coefficient (Wildman–Crippen LogP) is 3.21. The van der Waals surface area contributed by atoms with Gasteiger partial charge in [0.05, 0.1) is 0 Å². The number of piperidine rings is 1. The number of nitrogens with two attached hydrogens (primary N) is 1. The molecule has 1 fully saturated rings. The first kappa shape index (κ1) is 16.2. The number of ether oxygens (including phenoxy) is 1. The number of thiocarbonyl (C=S) groups is 1. The molecular formula is C17H26N2OS. The van der Waals surface area contributed by atoms with Gasteiger partial charge in [0.15, 0.2) is 0 Å². The first-order chi connectivity index (χ1) is 10.2. The minimum atomic E-state index is 0.427. The van der Waals surface area contributed by atoms with Crippen LogP contribution >= 0.6 is 12.2 Å². The summed E-state index contributed by atoms with van der Waals surface area (Å²) in [6.45, 7) is 6.46. The van der Waals surface area contributed by atoms with E-state index in [2.05, 4.69) is 11.8 Å². The van der Waals surface area contributed by atoms with Gasteiger partial charge in [-0.05, 0) is 56.1 Å². The summed E-state index contributed by atoms with van der Waals surface area (Å²) in [5.74, 6) is 1.83. The van der Waals surface area contributed by atoms with E-state index in [1.54, 1.807) is 0 Å². The minimum Gasteiger partial charge on any atom is -0.492 e. The standard InChI is InChI=1S/C17H26N2OS/c1-2-3-14-8-10-19(11-9-14)12-13-20-16-6-4-15(5-7-16)17(18)21/h4-7,14H,2-3,8-13H2,1H3,(H2,18,21). The van der Waals surface area contributed by atoms with Gasteiger partial charge in [0.25, 0.3) is 0 Å². The second-order valence-corrected chi connectivity index (χ2v) is 6.25. The van der Waals surface area contributed by atoms with Crippen molar-refractivity contribution in [2.75, 3.05) is 26.2 Å². The van der Waals surface area contributed by atoms with Gasteiger partial charge < -0.3 is 10.5 Å². The van der Waals surface area contributed by atoms with Gasteiger partial charge in [0.2, 0.25) is 0 Å². The van der Waals surface area contributed by atoms with Gasteiger partial charge in [-0.1, -0.05) is 32.0 Å². The lowest BCUT2D eigenvalue weighted by atomic mass is 9.92. The molecule has 0 bridgehead atoms. The second kappa shape index (κ2) is 8.35. The quantitative estimate of drug-likeness (QED) is 0.785. The molecule has 0 saturated carbocycles. The Hall–Kier alpha value is -1.13. The third kappa shape index (κ3) is 5.29. The first-order valence-electron chi connectivity index (χ1n) is 7.94. The molecule has 0 unspecified atom stereocenters. The Morgan fingerprint density at radius 2 is 1.95 bits per heavy atom. The average Bonchev–Trinajstić information content (AvgIpc) is 2.50. The van der Waals surface area contributed by atoms with E-state index >= 15 is 0 Å². The zero-order chi connectivity index (χ0) is 15.1. The summed E-state index contributed by atoms with van der Waals surface area (Å²) in [5, 5.41) is 0. The van der Waals surface area contributed by atoms with Crippen molar-refractivity contribution in [1.82, 2.24) is 4.90 Å². The molecule has 2 N–H and O–H groups in total. The Bertz CT molecular complexity index is 439. The van der Waals surface area contributed by atoms with E-state index in [-0.39, 0.29) is 0 Å². The molecule has 116 valence electrons. The number of benzene rings is 1. The molecule has 0 atom stereocenters. The van der Waals surface area contributed by atoms with Crippen molar-refractivity contribution in [3.05, 3.63) is 29.8 Å². The number of likely N-dealkylation sites (tertiary alicyclic amines) is 1. The Labute approximate surface area is 133 Å². The van der Waals surface area contributed by atoms with E-state index in [1.165, 1.54) is 38.8 Å². The molecule has 1 aliphatic rings. The number of rotatable bonds is 7. The van der Waals surface area contributed by atoms with E-state index in [9.17, 15) is 0 Å². The fourth-order valence-corrected chi connectivity index (χ4v) is 3.05. The summed E-state index contributed by atoms with van der Waals surface area (Å²) in [4.78, 5) is 2.94. The molecule has 0 spiro atoms. The van der Waals surface area contributed by atoms with Crippen LogP contribution < -0.4 is 10.5 Å².